The lowest BCUT2D eigenvalue weighted by molar-refractivity contribution is -0.164. The normalized spacial score (nSPS) is 12.9. The topological polar surface area (TPSA) is 61.8 Å². The molecule has 1 unspecified atom stereocenters. The van der Waals surface area contributed by atoms with E-state index in [2.05, 4.69) is 0 Å². The largest absolute Gasteiger partial charge is 0.458 e. The molecule has 0 aliphatic heterocycles. The van der Waals surface area contributed by atoms with Gasteiger partial charge in [-0.25, -0.2) is 9.59 Å². The zero-order valence-electron chi connectivity index (χ0n) is 22.7. The lowest BCUT2D eigenvalue weighted by Gasteiger charge is -2.35. The number of carbonyl (C=O) groups excluding carboxylic acids is 2. The second-order valence-electron chi connectivity index (χ2n) is 10.7. The average molecular weight is 521 g/mol. The second kappa shape index (κ2) is 11.5. The molecular formula is C31H37O5P. The molecule has 0 spiro atoms. The number of hydrogen-bond donors (Lipinski definition) is 0. The molecule has 3 aromatic rings. The maximum absolute atomic E-state index is 14.3. The van der Waals surface area contributed by atoms with Crippen LogP contribution in [0.3, 0.4) is 0 Å². The molecule has 37 heavy (non-hydrogen) atoms. The van der Waals surface area contributed by atoms with E-state index in [0.29, 0.717) is 0 Å². The minimum absolute atomic E-state index is 0.239. The van der Waals surface area contributed by atoms with Gasteiger partial charge in [-0.1, -0.05) is 91.0 Å². The van der Waals surface area contributed by atoms with Gasteiger partial charge in [-0.2, -0.15) is 0 Å². The molecule has 0 aliphatic rings. The summed E-state index contributed by atoms with van der Waals surface area (Å²) in [7, 11) is 1.43. The number of hydrogen-bond acceptors (Lipinski definition) is 5. The fourth-order valence-corrected chi connectivity index (χ4v) is 8.71. The van der Waals surface area contributed by atoms with E-state index in [9.17, 15) is 9.59 Å². The monoisotopic (exact) mass is 520 g/mol. The van der Waals surface area contributed by atoms with Crippen molar-refractivity contribution in [2.45, 2.75) is 58.8 Å². The summed E-state index contributed by atoms with van der Waals surface area (Å²) in [4.78, 5) is 28.0. The lowest BCUT2D eigenvalue weighted by Crippen LogP contribution is -2.47. The van der Waals surface area contributed by atoms with E-state index in [1.807, 2.05) is 112 Å². The molecule has 0 fully saturated rings. The summed E-state index contributed by atoms with van der Waals surface area (Å²) in [5, 5.41) is 2.94. The van der Waals surface area contributed by atoms with Crippen molar-refractivity contribution in [1.29, 1.82) is 0 Å². The Kier molecular flexibility index (Phi) is 8.84. The molecule has 196 valence electrons. The standard InChI is InChI=1S/C31H37O5P/c1-30(2,3)35-28(32)26(34-7)27(29(33)36-31(4,5)6)37(23-17-11-8-12-18-23,24-19-13-9-14-20-24)25-21-15-10-16-22-25/h8-22,26H,1-7H3. The summed E-state index contributed by atoms with van der Waals surface area (Å²) in [6.45, 7) is 7.82. The third-order valence-electron chi connectivity index (χ3n) is 5.50. The quantitative estimate of drug-likeness (QED) is 0.329. The summed E-state index contributed by atoms with van der Waals surface area (Å²) in [5.74, 6) is -1.22. The maximum Gasteiger partial charge on any atom is 0.340 e. The van der Waals surface area contributed by atoms with Crippen LogP contribution in [0.4, 0.5) is 0 Å². The molecule has 5 nitrogen and oxygen atoms in total. The van der Waals surface area contributed by atoms with E-state index < -0.39 is 36.1 Å². The lowest BCUT2D eigenvalue weighted by atomic mass is 10.1. The maximum atomic E-state index is 14.3. The van der Waals surface area contributed by atoms with Crippen LogP contribution in [-0.2, 0) is 23.8 Å². The fraction of sp³-hybridized carbons (Fsp3) is 0.323. The van der Waals surface area contributed by atoms with Crippen molar-refractivity contribution in [2.24, 2.45) is 0 Å². The number of esters is 2. The SMILES string of the molecule is COC(C(=O)OC(C)(C)C)C(C(=O)OC(C)(C)C)=P(c1ccccc1)(c1ccccc1)c1ccccc1. The highest BCUT2D eigenvalue weighted by Gasteiger charge is 2.43. The van der Waals surface area contributed by atoms with E-state index in [4.69, 9.17) is 14.2 Å². The first-order chi connectivity index (χ1) is 17.4. The average Bonchev–Trinajstić information content (AvgIpc) is 2.84. The van der Waals surface area contributed by atoms with Gasteiger partial charge in [0, 0.05) is 7.11 Å². The van der Waals surface area contributed by atoms with Crippen LogP contribution in [-0.4, -0.2) is 41.6 Å². The summed E-state index contributed by atoms with van der Waals surface area (Å²) in [6.07, 6.45) is -1.29. The van der Waals surface area contributed by atoms with Gasteiger partial charge < -0.3 is 14.2 Å². The minimum atomic E-state index is -2.98. The molecule has 6 heteroatoms. The van der Waals surface area contributed by atoms with Crippen molar-refractivity contribution in [3.8, 4) is 0 Å². The van der Waals surface area contributed by atoms with Crippen LogP contribution < -0.4 is 15.9 Å². The molecule has 0 aliphatic carbocycles. The summed E-state index contributed by atoms with van der Waals surface area (Å²) in [6, 6.07) is 29.5. The molecule has 0 heterocycles. The molecule has 0 saturated heterocycles. The molecule has 3 rings (SSSR count). The van der Waals surface area contributed by atoms with E-state index >= 15 is 0 Å². The number of carbonyl (C=O) groups is 2. The molecule has 0 bridgehead atoms. The predicted molar refractivity (Wildman–Crippen MR) is 153 cm³/mol. The predicted octanol–water partition coefficient (Wildman–Crippen LogP) is 4.85. The van der Waals surface area contributed by atoms with Gasteiger partial charge in [-0.3, -0.25) is 0 Å². The Labute approximate surface area is 220 Å². The zero-order valence-corrected chi connectivity index (χ0v) is 23.6. The third kappa shape index (κ3) is 6.60. The Balaban J connectivity index is 2.61. The Bertz CT molecular complexity index is 1150. The second-order valence-corrected chi connectivity index (χ2v) is 14.1. The molecule has 0 amide bonds. The van der Waals surface area contributed by atoms with Crippen molar-refractivity contribution in [3.63, 3.8) is 0 Å². The highest BCUT2D eigenvalue weighted by atomic mass is 31.2. The van der Waals surface area contributed by atoms with Gasteiger partial charge in [-0.15, -0.1) is 0 Å². The highest BCUT2D eigenvalue weighted by molar-refractivity contribution is 7.96. The summed E-state index contributed by atoms with van der Waals surface area (Å²) >= 11 is 0. The molecule has 0 N–H and O–H groups in total. The van der Waals surface area contributed by atoms with E-state index in [0.717, 1.165) is 15.9 Å². The first kappa shape index (κ1) is 28.4. The Morgan fingerprint density at radius 3 is 1.27 bits per heavy atom. The Hall–Kier alpha value is -3.14. The first-order valence-corrected chi connectivity index (χ1v) is 14.1. The van der Waals surface area contributed by atoms with Gasteiger partial charge in [0.25, 0.3) is 0 Å². The van der Waals surface area contributed by atoms with E-state index in [1.165, 1.54) is 7.11 Å². The fourth-order valence-electron chi connectivity index (χ4n) is 4.24. The summed E-state index contributed by atoms with van der Waals surface area (Å²) < 4.78 is 17.6. The number of methoxy groups -OCH3 is 1. The van der Waals surface area contributed by atoms with Crippen LogP contribution in [0.2, 0.25) is 0 Å². The van der Waals surface area contributed by atoms with Crippen LogP contribution in [0.1, 0.15) is 41.5 Å². The number of rotatable bonds is 7. The van der Waals surface area contributed by atoms with Gasteiger partial charge in [0.05, 0.1) is 5.29 Å². The highest BCUT2D eigenvalue weighted by Crippen LogP contribution is 2.48. The molecule has 0 aromatic heterocycles. The van der Waals surface area contributed by atoms with E-state index in [1.54, 1.807) is 20.8 Å². The zero-order chi connectivity index (χ0) is 27.3. The van der Waals surface area contributed by atoms with Gasteiger partial charge in [0.1, 0.15) is 11.2 Å². The van der Waals surface area contributed by atoms with Crippen molar-refractivity contribution in [3.05, 3.63) is 91.0 Å². The first-order valence-electron chi connectivity index (χ1n) is 12.3. The van der Waals surface area contributed by atoms with Crippen LogP contribution in [0.25, 0.3) is 0 Å². The van der Waals surface area contributed by atoms with Crippen molar-refractivity contribution in [2.75, 3.05) is 7.11 Å². The molecule has 0 radical (unpaired) electrons. The van der Waals surface area contributed by atoms with Crippen molar-refractivity contribution in [1.82, 2.24) is 0 Å². The molecule has 3 aromatic carbocycles. The van der Waals surface area contributed by atoms with Crippen LogP contribution >= 0.6 is 6.89 Å². The van der Waals surface area contributed by atoms with Gasteiger partial charge in [0.2, 0.25) is 0 Å². The number of benzene rings is 3. The smallest absolute Gasteiger partial charge is 0.340 e. The van der Waals surface area contributed by atoms with Crippen LogP contribution in [0.15, 0.2) is 91.0 Å². The van der Waals surface area contributed by atoms with Gasteiger partial charge >= 0.3 is 11.9 Å². The molecular weight excluding hydrogens is 483 g/mol. The van der Waals surface area contributed by atoms with Gasteiger partial charge in [0.15, 0.2) is 6.10 Å². The van der Waals surface area contributed by atoms with Gasteiger partial charge in [-0.05, 0) is 64.3 Å². The van der Waals surface area contributed by atoms with Crippen molar-refractivity contribution < 1.29 is 23.8 Å². The molecule has 0 saturated carbocycles. The van der Waals surface area contributed by atoms with Crippen LogP contribution in [0.5, 0.6) is 0 Å². The minimum Gasteiger partial charge on any atom is -0.458 e. The Morgan fingerprint density at radius 2 is 0.973 bits per heavy atom. The number of ether oxygens (including phenoxy) is 3. The third-order valence-corrected chi connectivity index (χ3v) is 9.86. The summed E-state index contributed by atoms with van der Waals surface area (Å²) in [5.41, 5.74) is -1.57. The molecule has 1 atom stereocenters. The van der Waals surface area contributed by atoms with Crippen molar-refractivity contribution >= 4 is 40.0 Å². The van der Waals surface area contributed by atoms with Crippen LogP contribution in [0, 0.1) is 0 Å². The van der Waals surface area contributed by atoms with E-state index in [-0.39, 0.29) is 5.29 Å². The Morgan fingerprint density at radius 1 is 0.622 bits per heavy atom.